The Balaban J connectivity index is 3.06. The second-order valence-electron chi connectivity index (χ2n) is 2.45. The van der Waals surface area contributed by atoms with Gasteiger partial charge in [-0.05, 0) is 38.5 Å². The number of nitrogens with two attached hydrogens (primary N) is 1. The lowest BCUT2D eigenvalue weighted by atomic mass is 10.3. The smallest absolute Gasteiger partial charge is 0.388 e. The Morgan fingerprint density at radius 3 is 2.60 bits per heavy atom. The molecule has 0 aliphatic heterocycles. The van der Waals surface area contributed by atoms with Gasteiger partial charge in [0.25, 0.3) is 0 Å². The van der Waals surface area contributed by atoms with E-state index < -0.39 is 12.2 Å². The van der Waals surface area contributed by atoms with Crippen LogP contribution in [0.25, 0.3) is 0 Å². The minimum atomic E-state index is -4.74. The minimum Gasteiger partial charge on any atom is -0.388 e. The number of aromatic nitrogens is 1. The van der Waals surface area contributed by atoms with Crippen LogP contribution in [-0.4, -0.2) is 11.3 Å². The first-order chi connectivity index (χ1) is 6.83. The van der Waals surface area contributed by atoms with Gasteiger partial charge >= 0.3 is 6.36 Å². The Bertz CT molecular complexity index is 372. The van der Waals surface area contributed by atoms with E-state index in [0.29, 0.717) is 13.7 Å². The summed E-state index contributed by atoms with van der Waals surface area (Å²) in [5.74, 6) is -0.518. The molecule has 0 aromatic carbocycles. The fourth-order valence-electron chi connectivity index (χ4n) is 0.830. The van der Waals surface area contributed by atoms with Crippen molar-refractivity contribution in [1.82, 2.24) is 4.98 Å². The molecule has 0 atom stereocenters. The number of nitrogens with zero attached hydrogens (tertiary/aromatic N) is 1. The summed E-state index contributed by atoms with van der Waals surface area (Å²) in [4.78, 5) is 3.63. The molecule has 1 heterocycles. The first-order valence-corrected chi connectivity index (χ1v) is 5.51. The number of hydrogen-bond donors (Lipinski definition) is 1. The molecule has 0 fully saturated rings. The van der Waals surface area contributed by atoms with Crippen molar-refractivity contribution in [3.05, 3.63) is 19.8 Å². The zero-order valence-corrected chi connectivity index (χ0v) is 10.9. The lowest BCUT2D eigenvalue weighted by Crippen LogP contribution is -2.18. The first-order valence-electron chi connectivity index (χ1n) is 3.64. The molecule has 0 bridgehead atoms. The van der Waals surface area contributed by atoms with E-state index >= 15 is 0 Å². The van der Waals surface area contributed by atoms with Gasteiger partial charge in [-0.15, -0.1) is 13.2 Å². The number of pyridine rings is 1. The maximum Gasteiger partial charge on any atom is 0.574 e. The first kappa shape index (κ1) is 13.0. The monoisotopic (exact) mass is 396 g/mol. The number of rotatable bonds is 2. The molecule has 8 heteroatoms. The average Bonchev–Trinajstić information content (AvgIpc) is 2.08. The zero-order chi connectivity index (χ0) is 11.6. The number of ether oxygens (including phenoxy) is 1. The van der Waals surface area contributed by atoms with Gasteiger partial charge in [0.15, 0.2) is 0 Å². The molecule has 0 spiro atoms. The molecule has 1 aromatic rings. The highest BCUT2D eigenvalue weighted by molar-refractivity contribution is 14.1. The van der Waals surface area contributed by atoms with Crippen LogP contribution in [0.3, 0.4) is 0 Å². The van der Waals surface area contributed by atoms with Crippen molar-refractivity contribution in [2.24, 2.45) is 5.73 Å². The fraction of sp³-hybridized carbons (Fsp3) is 0.286. The van der Waals surface area contributed by atoms with E-state index in [9.17, 15) is 13.2 Å². The van der Waals surface area contributed by atoms with Crippen LogP contribution in [0.4, 0.5) is 13.2 Å². The Hall–Kier alpha value is -0.0900. The van der Waals surface area contributed by atoms with E-state index in [1.165, 1.54) is 0 Å². The molecule has 0 unspecified atom stereocenters. The SMILES string of the molecule is NCc1nc(OC(F)(F)F)cc(Br)c1I. The predicted molar refractivity (Wildman–Crippen MR) is 59.2 cm³/mol. The van der Waals surface area contributed by atoms with Crippen molar-refractivity contribution >= 4 is 38.5 Å². The molecular formula is C7H5BrF3IN2O. The third kappa shape index (κ3) is 3.76. The van der Waals surface area contributed by atoms with Gasteiger partial charge in [0, 0.05) is 17.1 Å². The normalized spacial score (nSPS) is 11.6. The summed E-state index contributed by atoms with van der Waals surface area (Å²) in [7, 11) is 0. The fourth-order valence-corrected chi connectivity index (χ4v) is 1.75. The summed E-state index contributed by atoms with van der Waals surface area (Å²) in [5, 5.41) is 0. The molecule has 0 radical (unpaired) electrons. The molecule has 84 valence electrons. The molecule has 0 saturated heterocycles. The lowest BCUT2D eigenvalue weighted by molar-refractivity contribution is -0.276. The number of halogens is 5. The number of alkyl halides is 3. The van der Waals surface area contributed by atoms with Crippen LogP contribution in [0, 0.1) is 3.57 Å². The molecule has 2 N–H and O–H groups in total. The third-order valence-corrected chi connectivity index (χ3v) is 3.94. The van der Waals surface area contributed by atoms with Gasteiger partial charge < -0.3 is 10.5 Å². The lowest BCUT2D eigenvalue weighted by Gasteiger charge is -2.10. The second-order valence-corrected chi connectivity index (χ2v) is 4.39. The van der Waals surface area contributed by atoms with Gasteiger partial charge in [0.1, 0.15) is 0 Å². The van der Waals surface area contributed by atoms with E-state index in [1.54, 1.807) is 0 Å². The average molecular weight is 397 g/mol. The van der Waals surface area contributed by atoms with Gasteiger partial charge in [0.05, 0.1) is 9.26 Å². The standard InChI is InChI=1S/C7H5BrF3IN2O/c8-3-1-5(15-7(9,10)11)14-4(2-13)6(3)12/h1H,2,13H2. The Morgan fingerprint density at radius 2 is 2.13 bits per heavy atom. The van der Waals surface area contributed by atoms with Crippen LogP contribution in [0.1, 0.15) is 5.69 Å². The van der Waals surface area contributed by atoms with Crippen molar-refractivity contribution < 1.29 is 17.9 Å². The van der Waals surface area contributed by atoms with E-state index in [2.05, 4.69) is 25.7 Å². The van der Waals surface area contributed by atoms with Crippen LogP contribution in [0.5, 0.6) is 5.88 Å². The van der Waals surface area contributed by atoms with Crippen LogP contribution in [0.15, 0.2) is 10.5 Å². The topological polar surface area (TPSA) is 48.1 Å². The molecular weight excluding hydrogens is 392 g/mol. The van der Waals surface area contributed by atoms with E-state index in [4.69, 9.17) is 5.73 Å². The maximum absolute atomic E-state index is 11.9. The summed E-state index contributed by atoms with van der Waals surface area (Å²) < 4.78 is 40.5. The van der Waals surface area contributed by atoms with Crippen molar-refractivity contribution in [2.75, 3.05) is 0 Å². The Labute approximate surface area is 105 Å². The summed E-state index contributed by atoms with van der Waals surface area (Å²) in [5.41, 5.74) is 5.68. The van der Waals surface area contributed by atoms with Gasteiger partial charge in [-0.3, -0.25) is 0 Å². The predicted octanol–water partition coefficient (Wildman–Crippen LogP) is 2.81. The highest BCUT2D eigenvalue weighted by Gasteiger charge is 2.32. The van der Waals surface area contributed by atoms with Crippen molar-refractivity contribution in [1.29, 1.82) is 0 Å². The van der Waals surface area contributed by atoms with Crippen LogP contribution in [0.2, 0.25) is 0 Å². The summed E-state index contributed by atoms with van der Waals surface area (Å²) in [6, 6.07) is 1.15. The quantitative estimate of drug-likeness (QED) is 0.782. The largest absolute Gasteiger partial charge is 0.574 e. The molecule has 3 nitrogen and oxygen atoms in total. The highest BCUT2D eigenvalue weighted by atomic mass is 127. The molecule has 1 aromatic heterocycles. The van der Waals surface area contributed by atoms with Gasteiger partial charge in [-0.1, -0.05) is 0 Å². The molecule has 1 rings (SSSR count). The molecule has 15 heavy (non-hydrogen) atoms. The van der Waals surface area contributed by atoms with E-state index in [0.717, 1.165) is 6.07 Å². The molecule has 0 aliphatic carbocycles. The highest BCUT2D eigenvalue weighted by Crippen LogP contribution is 2.28. The number of hydrogen-bond acceptors (Lipinski definition) is 3. The van der Waals surface area contributed by atoms with Crippen molar-refractivity contribution in [2.45, 2.75) is 12.9 Å². The van der Waals surface area contributed by atoms with Crippen molar-refractivity contribution in [3.63, 3.8) is 0 Å². The van der Waals surface area contributed by atoms with Gasteiger partial charge in [-0.2, -0.15) is 0 Å². The Kier molecular flexibility index (Phi) is 4.18. The van der Waals surface area contributed by atoms with Gasteiger partial charge in [0.2, 0.25) is 5.88 Å². The third-order valence-electron chi connectivity index (χ3n) is 1.37. The Morgan fingerprint density at radius 1 is 1.53 bits per heavy atom. The van der Waals surface area contributed by atoms with E-state index in [-0.39, 0.29) is 6.54 Å². The summed E-state index contributed by atoms with van der Waals surface area (Å²) in [6.45, 7) is 0.0476. The zero-order valence-electron chi connectivity index (χ0n) is 7.11. The van der Waals surface area contributed by atoms with Crippen LogP contribution < -0.4 is 10.5 Å². The van der Waals surface area contributed by atoms with E-state index in [1.807, 2.05) is 22.6 Å². The van der Waals surface area contributed by atoms with Crippen LogP contribution >= 0.6 is 38.5 Å². The minimum absolute atomic E-state index is 0.0476. The molecule has 0 amide bonds. The van der Waals surface area contributed by atoms with Crippen molar-refractivity contribution in [3.8, 4) is 5.88 Å². The molecule has 0 saturated carbocycles. The van der Waals surface area contributed by atoms with Gasteiger partial charge in [-0.25, -0.2) is 4.98 Å². The summed E-state index contributed by atoms with van der Waals surface area (Å²) >= 11 is 5.03. The summed E-state index contributed by atoms with van der Waals surface area (Å²) in [6.07, 6.45) is -4.74. The molecule has 0 aliphatic rings. The maximum atomic E-state index is 11.9. The van der Waals surface area contributed by atoms with Crippen LogP contribution in [-0.2, 0) is 6.54 Å². The second kappa shape index (κ2) is 4.83.